The van der Waals surface area contributed by atoms with E-state index >= 15 is 0 Å². The molecule has 2 amide bonds. The molecule has 0 saturated heterocycles. The topological polar surface area (TPSA) is 79.8 Å². The van der Waals surface area contributed by atoms with Gasteiger partial charge in [0.25, 0.3) is 0 Å². The fourth-order valence-corrected chi connectivity index (χ4v) is 3.90. The van der Waals surface area contributed by atoms with E-state index in [0.29, 0.717) is 5.16 Å². The molecule has 0 aliphatic rings. The van der Waals surface area contributed by atoms with Gasteiger partial charge in [0.2, 0.25) is 0 Å². The molecule has 0 bridgehead atoms. The fraction of sp³-hybridized carbons (Fsp3) is 0.0833. The van der Waals surface area contributed by atoms with Crippen molar-refractivity contribution in [1.29, 1.82) is 0 Å². The van der Waals surface area contributed by atoms with Crippen LogP contribution in [0.15, 0.2) is 101 Å². The van der Waals surface area contributed by atoms with Crippen LogP contribution in [-0.4, -0.2) is 21.0 Å². The third-order valence-electron chi connectivity index (χ3n) is 4.59. The summed E-state index contributed by atoms with van der Waals surface area (Å²) < 4.78 is 0. The molecule has 0 aliphatic heterocycles. The van der Waals surface area contributed by atoms with Crippen LogP contribution in [0.1, 0.15) is 22.9 Å². The molecule has 2 aromatic carbocycles. The number of hydrogen-bond donors (Lipinski definition) is 2. The SMILES string of the molecule is Cc1cc(Sc2ncccn2)ccc1NC(=O)NC(c1ccccc1)c1ccccn1. The monoisotopic (exact) mass is 427 g/mol. The number of benzene rings is 2. The number of carbonyl (C=O) groups excluding carboxylic acids is 1. The third-order valence-corrected chi connectivity index (χ3v) is 5.47. The van der Waals surface area contributed by atoms with E-state index in [0.717, 1.165) is 27.4 Å². The number of carbonyl (C=O) groups is 1. The van der Waals surface area contributed by atoms with E-state index in [9.17, 15) is 4.79 Å². The predicted octanol–water partition coefficient (Wildman–Crippen LogP) is 5.24. The van der Waals surface area contributed by atoms with Gasteiger partial charge in [-0.25, -0.2) is 14.8 Å². The molecule has 154 valence electrons. The first-order chi connectivity index (χ1) is 15.2. The number of urea groups is 1. The van der Waals surface area contributed by atoms with Crippen LogP contribution in [0, 0.1) is 6.92 Å². The maximum absolute atomic E-state index is 12.8. The normalized spacial score (nSPS) is 11.5. The minimum absolute atomic E-state index is 0.297. The minimum atomic E-state index is -0.354. The van der Waals surface area contributed by atoms with Crippen molar-refractivity contribution in [1.82, 2.24) is 20.3 Å². The molecule has 0 saturated carbocycles. The quantitative estimate of drug-likeness (QED) is 0.411. The molecule has 2 N–H and O–H groups in total. The predicted molar refractivity (Wildman–Crippen MR) is 122 cm³/mol. The van der Waals surface area contributed by atoms with Crippen LogP contribution < -0.4 is 10.6 Å². The van der Waals surface area contributed by atoms with Crippen LogP contribution in [0.25, 0.3) is 0 Å². The van der Waals surface area contributed by atoms with Gasteiger partial charge in [-0.2, -0.15) is 0 Å². The highest BCUT2D eigenvalue weighted by molar-refractivity contribution is 7.99. The van der Waals surface area contributed by atoms with Gasteiger partial charge in [0.15, 0.2) is 5.16 Å². The minimum Gasteiger partial charge on any atom is -0.325 e. The molecular formula is C24H21N5OS. The van der Waals surface area contributed by atoms with E-state index in [4.69, 9.17) is 0 Å². The van der Waals surface area contributed by atoms with Crippen molar-refractivity contribution >= 4 is 23.5 Å². The van der Waals surface area contributed by atoms with Gasteiger partial charge >= 0.3 is 6.03 Å². The van der Waals surface area contributed by atoms with Crippen molar-refractivity contribution in [3.8, 4) is 0 Å². The summed E-state index contributed by atoms with van der Waals surface area (Å²) in [6.45, 7) is 1.96. The number of amides is 2. The standard InChI is InChI=1S/C24H21N5OS/c1-17-16-19(31-24-26-14-7-15-27-24)11-12-20(17)28-23(30)29-22(18-8-3-2-4-9-18)21-10-5-6-13-25-21/h2-16,22H,1H3,(H2,28,29,30). The van der Waals surface area contributed by atoms with Crippen LogP contribution in [0.4, 0.5) is 10.5 Å². The average Bonchev–Trinajstić information content (AvgIpc) is 2.81. The van der Waals surface area contributed by atoms with Crippen molar-refractivity contribution in [2.24, 2.45) is 0 Å². The molecule has 31 heavy (non-hydrogen) atoms. The second-order valence-electron chi connectivity index (χ2n) is 6.81. The zero-order valence-corrected chi connectivity index (χ0v) is 17.7. The molecule has 0 spiro atoms. The Labute approximate surface area is 185 Å². The number of aryl methyl sites for hydroxylation is 1. The molecule has 4 aromatic rings. The number of pyridine rings is 1. The van der Waals surface area contributed by atoms with E-state index in [-0.39, 0.29) is 12.1 Å². The van der Waals surface area contributed by atoms with E-state index in [2.05, 4.69) is 25.6 Å². The van der Waals surface area contributed by atoms with Gasteiger partial charge in [0.1, 0.15) is 0 Å². The Morgan fingerprint density at radius 1 is 0.871 bits per heavy atom. The van der Waals surface area contributed by atoms with Gasteiger partial charge in [0, 0.05) is 29.2 Å². The smallest absolute Gasteiger partial charge is 0.320 e. The first kappa shape index (κ1) is 20.6. The largest absolute Gasteiger partial charge is 0.325 e. The Bertz CT molecular complexity index is 1100. The van der Waals surface area contributed by atoms with Gasteiger partial charge in [-0.15, -0.1) is 0 Å². The van der Waals surface area contributed by atoms with E-state index in [1.165, 1.54) is 11.8 Å². The lowest BCUT2D eigenvalue weighted by molar-refractivity contribution is 0.250. The Hall–Kier alpha value is -3.71. The molecule has 0 radical (unpaired) electrons. The summed E-state index contributed by atoms with van der Waals surface area (Å²) in [4.78, 5) is 26.7. The molecule has 2 aromatic heterocycles. The highest BCUT2D eigenvalue weighted by Gasteiger charge is 2.18. The molecule has 1 atom stereocenters. The van der Waals surface area contributed by atoms with Gasteiger partial charge in [-0.1, -0.05) is 36.4 Å². The summed E-state index contributed by atoms with van der Waals surface area (Å²) in [5.74, 6) is 0. The number of nitrogens with zero attached hydrogens (tertiary/aromatic N) is 3. The molecule has 0 fully saturated rings. The Balaban J connectivity index is 1.48. The maximum Gasteiger partial charge on any atom is 0.320 e. The maximum atomic E-state index is 12.8. The van der Waals surface area contributed by atoms with Gasteiger partial charge in [0.05, 0.1) is 11.7 Å². The summed E-state index contributed by atoms with van der Waals surface area (Å²) in [5.41, 5.74) is 3.42. The molecule has 1 unspecified atom stereocenters. The second kappa shape index (κ2) is 9.86. The summed E-state index contributed by atoms with van der Waals surface area (Å²) in [5, 5.41) is 6.68. The van der Waals surface area contributed by atoms with E-state index < -0.39 is 0 Å². The van der Waals surface area contributed by atoms with Crippen molar-refractivity contribution in [3.63, 3.8) is 0 Å². The van der Waals surface area contributed by atoms with Crippen molar-refractivity contribution in [3.05, 3.63) is 108 Å². The Morgan fingerprint density at radius 2 is 1.61 bits per heavy atom. The number of aromatic nitrogens is 3. The summed E-state index contributed by atoms with van der Waals surface area (Å²) in [6.07, 6.45) is 5.16. The van der Waals surface area contributed by atoms with Crippen LogP contribution in [0.5, 0.6) is 0 Å². The van der Waals surface area contributed by atoms with Gasteiger partial charge in [-0.05, 0) is 66.2 Å². The third kappa shape index (κ3) is 5.46. The van der Waals surface area contributed by atoms with E-state index in [1.807, 2.05) is 73.7 Å². The highest BCUT2D eigenvalue weighted by Crippen LogP contribution is 2.28. The zero-order chi connectivity index (χ0) is 21.5. The van der Waals surface area contributed by atoms with Crippen molar-refractivity contribution < 1.29 is 4.79 Å². The average molecular weight is 428 g/mol. The molecule has 2 heterocycles. The lowest BCUT2D eigenvalue weighted by Crippen LogP contribution is -2.33. The number of nitrogens with one attached hydrogen (secondary N) is 2. The highest BCUT2D eigenvalue weighted by atomic mass is 32.2. The van der Waals surface area contributed by atoms with Crippen LogP contribution in [0.3, 0.4) is 0 Å². The van der Waals surface area contributed by atoms with Crippen LogP contribution >= 0.6 is 11.8 Å². The van der Waals surface area contributed by atoms with E-state index in [1.54, 1.807) is 24.7 Å². The molecular weight excluding hydrogens is 406 g/mol. The fourth-order valence-electron chi connectivity index (χ4n) is 3.09. The molecule has 4 rings (SSSR count). The summed E-state index contributed by atoms with van der Waals surface area (Å²) >= 11 is 1.48. The summed E-state index contributed by atoms with van der Waals surface area (Å²) in [6, 6.07) is 22.4. The van der Waals surface area contributed by atoms with Crippen molar-refractivity contribution in [2.75, 3.05) is 5.32 Å². The van der Waals surface area contributed by atoms with Gasteiger partial charge < -0.3 is 10.6 Å². The summed E-state index contributed by atoms with van der Waals surface area (Å²) in [7, 11) is 0. The lowest BCUT2D eigenvalue weighted by atomic mass is 10.0. The first-order valence-electron chi connectivity index (χ1n) is 9.78. The number of rotatable bonds is 6. The molecule has 6 nitrogen and oxygen atoms in total. The lowest BCUT2D eigenvalue weighted by Gasteiger charge is -2.20. The molecule has 7 heteroatoms. The zero-order valence-electron chi connectivity index (χ0n) is 16.9. The van der Waals surface area contributed by atoms with Gasteiger partial charge in [-0.3, -0.25) is 4.98 Å². The Morgan fingerprint density at radius 3 is 2.32 bits per heavy atom. The Kier molecular flexibility index (Phi) is 6.54. The molecule has 0 aliphatic carbocycles. The number of anilines is 1. The first-order valence-corrected chi connectivity index (χ1v) is 10.6. The van der Waals surface area contributed by atoms with Crippen LogP contribution in [-0.2, 0) is 0 Å². The number of hydrogen-bond acceptors (Lipinski definition) is 5. The second-order valence-corrected chi connectivity index (χ2v) is 7.85. The van der Waals surface area contributed by atoms with Crippen LogP contribution in [0.2, 0.25) is 0 Å². The van der Waals surface area contributed by atoms with Crippen molar-refractivity contribution in [2.45, 2.75) is 23.0 Å².